The van der Waals surface area contributed by atoms with Crippen LogP contribution in [0.15, 0.2) is 53.1 Å². The molecule has 4 saturated carbocycles. The number of ether oxygens (including phenoxy) is 1. The largest absolute Gasteiger partial charge is 0.463 e. The minimum Gasteiger partial charge on any atom is -0.463 e. The number of para-hydroxylation sites is 1. The van der Waals surface area contributed by atoms with Crippen molar-refractivity contribution in [3.8, 4) is 11.5 Å². The summed E-state index contributed by atoms with van der Waals surface area (Å²) < 4.78 is 11.2. The first-order valence-corrected chi connectivity index (χ1v) is 11.9. The third kappa shape index (κ3) is 3.71. The molecule has 1 aromatic carbocycles. The quantitative estimate of drug-likeness (QED) is 0.552. The molecule has 4 aliphatic rings. The Bertz CT molecular complexity index is 1180. The highest BCUT2D eigenvalue weighted by Crippen LogP contribution is 2.55. The van der Waals surface area contributed by atoms with Gasteiger partial charge in [0.2, 0.25) is 0 Å². The Hall–Kier alpha value is -3.15. The molecular formula is C27H28N2O4. The van der Waals surface area contributed by atoms with Crippen LogP contribution >= 0.6 is 0 Å². The number of nitrogens with zero attached hydrogens (tertiary/aromatic N) is 1. The van der Waals surface area contributed by atoms with Gasteiger partial charge in [0.25, 0.3) is 5.91 Å². The van der Waals surface area contributed by atoms with Gasteiger partial charge in [0.05, 0.1) is 17.3 Å². The number of furan rings is 1. The molecule has 33 heavy (non-hydrogen) atoms. The zero-order valence-corrected chi connectivity index (χ0v) is 18.8. The molecular weight excluding hydrogens is 416 g/mol. The average Bonchev–Trinajstić information content (AvgIpc) is 3.32. The number of rotatable bonds is 5. The number of nitrogens with one attached hydrogen (secondary N) is 1. The highest BCUT2D eigenvalue weighted by molar-refractivity contribution is 6.05. The standard InChI is InChI=1S/C27H28N2O4/c1-16(25(30)29-27-13-17-9-18(14-27)11-19(10-17)15-27)33-26(31)21-12-23(24-7-4-8-32-24)28-22-6-3-2-5-20(21)22/h2-8,12,16-19H,9-11,13-15H2,1H3,(H,29,30)/t16-,17?,18?,19?,27?/m0/s1. The monoisotopic (exact) mass is 444 g/mol. The molecule has 3 aromatic rings. The number of esters is 1. The van der Waals surface area contributed by atoms with Crippen LogP contribution in [0, 0.1) is 17.8 Å². The van der Waals surface area contributed by atoms with E-state index in [9.17, 15) is 9.59 Å². The molecule has 2 aromatic heterocycles. The van der Waals surface area contributed by atoms with E-state index in [1.165, 1.54) is 19.3 Å². The Morgan fingerprint density at radius 3 is 2.42 bits per heavy atom. The van der Waals surface area contributed by atoms with E-state index in [0.29, 0.717) is 27.9 Å². The number of hydrogen-bond donors (Lipinski definition) is 1. The van der Waals surface area contributed by atoms with Crippen LogP contribution < -0.4 is 5.32 Å². The van der Waals surface area contributed by atoms with Gasteiger partial charge in [0, 0.05) is 10.9 Å². The molecule has 0 saturated heterocycles. The maximum atomic E-state index is 13.2. The predicted molar refractivity (Wildman–Crippen MR) is 123 cm³/mol. The van der Waals surface area contributed by atoms with Crippen molar-refractivity contribution in [1.29, 1.82) is 0 Å². The van der Waals surface area contributed by atoms with Gasteiger partial charge in [-0.25, -0.2) is 9.78 Å². The molecule has 4 fully saturated rings. The van der Waals surface area contributed by atoms with Crippen molar-refractivity contribution in [2.75, 3.05) is 0 Å². The number of benzene rings is 1. The number of pyridine rings is 1. The maximum absolute atomic E-state index is 13.2. The minimum atomic E-state index is -0.871. The topological polar surface area (TPSA) is 81.4 Å². The molecule has 1 amide bonds. The number of fused-ring (bicyclic) bond motifs is 1. The van der Waals surface area contributed by atoms with Crippen molar-refractivity contribution < 1.29 is 18.7 Å². The van der Waals surface area contributed by atoms with Crippen LogP contribution in [0.5, 0.6) is 0 Å². The van der Waals surface area contributed by atoms with Crippen molar-refractivity contribution in [3.05, 3.63) is 54.3 Å². The summed E-state index contributed by atoms with van der Waals surface area (Å²) in [7, 11) is 0. The molecule has 6 nitrogen and oxygen atoms in total. The molecule has 0 spiro atoms. The van der Waals surface area contributed by atoms with Gasteiger partial charge in [-0.3, -0.25) is 4.79 Å². The number of aromatic nitrogens is 1. The summed E-state index contributed by atoms with van der Waals surface area (Å²) in [4.78, 5) is 30.9. The lowest BCUT2D eigenvalue weighted by Crippen LogP contribution is -2.61. The van der Waals surface area contributed by atoms with Gasteiger partial charge in [-0.05, 0) is 87.5 Å². The molecule has 6 heteroatoms. The highest BCUT2D eigenvalue weighted by Gasteiger charge is 2.51. The van der Waals surface area contributed by atoms with Crippen LogP contribution in [0.25, 0.3) is 22.4 Å². The molecule has 2 heterocycles. The zero-order chi connectivity index (χ0) is 22.6. The van der Waals surface area contributed by atoms with E-state index in [-0.39, 0.29) is 11.4 Å². The number of carbonyl (C=O) groups excluding carboxylic acids is 2. The van der Waals surface area contributed by atoms with Crippen LogP contribution in [0.1, 0.15) is 55.8 Å². The van der Waals surface area contributed by atoms with Crippen LogP contribution in [0.2, 0.25) is 0 Å². The summed E-state index contributed by atoms with van der Waals surface area (Å²) in [5, 5.41) is 4.00. The van der Waals surface area contributed by atoms with Gasteiger partial charge in [-0.1, -0.05) is 18.2 Å². The zero-order valence-electron chi connectivity index (χ0n) is 18.8. The molecule has 1 N–H and O–H groups in total. The smallest absolute Gasteiger partial charge is 0.339 e. The Morgan fingerprint density at radius 1 is 1.06 bits per heavy atom. The molecule has 7 rings (SSSR count). The Balaban J connectivity index is 1.22. The summed E-state index contributed by atoms with van der Waals surface area (Å²) in [6, 6.07) is 12.7. The molecule has 170 valence electrons. The van der Waals surface area contributed by atoms with Crippen molar-refractivity contribution in [2.45, 2.75) is 57.1 Å². The van der Waals surface area contributed by atoms with Gasteiger partial charge >= 0.3 is 5.97 Å². The van der Waals surface area contributed by atoms with Crippen molar-refractivity contribution in [3.63, 3.8) is 0 Å². The Labute approximate surface area is 192 Å². The summed E-state index contributed by atoms with van der Waals surface area (Å²) >= 11 is 0. The Morgan fingerprint density at radius 2 is 1.76 bits per heavy atom. The first kappa shape index (κ1) is 20.5. The van der Waals surface area contributed by atoms with Gasteiger partial charge in [0.15, 0.2) is 11.9 Å². The van der Waals surface area contributed by atoms with E-state index in [0.717, 1.165) is 37.0 Å². The number of hydrogen-bond acceptors (Lipinski definition) is 5. The number of amides is 1. The lowest BCUT2D eigenvalue weighted by atomic mass is 9.53. The van der Waals surface area contributed by atoms with Crippen LogP contribution in [-0.4, -0.2) is 28.5 Å². The van der Waals surface area contributed by atoms with Crippen molar-refractivity contribution in [1.82, 2.24) is 10.3 Å². The predicted octanol–water partition coefficient (Wildman–Crippen LogP) is 5.13. The second kappa shape index (κ2) is 7.72. The van der Waals surface area contributed by atoms with E-state index < -0.39 is 12.1 Å². The SMILES string of the molecule is C[C@H](OC(=O)c1cc(-c2ccco2)nc2ccccc12)C(=O)NC12CC3CC(CC(C3)C1)C2. The van der Waals surface area contributed by atoms with Gasteiger partial charge < -0.3 is 14.5 Å². The lowest BCUT2D eigenvalue weighted by molar-refractivity contribution is -0.134. The first-order chi connectivity index (χ1) is 16.0. The molecule has 1 atom stereocenters. The minimum absolute atomic E-state index is 0.109. The molecule has 0 unspecified atom stereocenters. The summed E-state index contributed by atoms with van der Waals surface area (Å²) in [6.45, 7) is 1.66. The third-order valence-electron chi connectivity index (χ3n) is 7.79. The van der Waals surface area contributed by atoms with Gasteiger partial charge in [-0.15, -0.1) is 0 Å². The highest BCUT2D eigenvalue weighted by atomic mass is 16.5. The van der Waals surface area contributed by atoms with Crippen LogP contribution in [0.3, 0.4) is 0 Å². The second-order valence-corrected chi connectivity index (χ2v) is 10.3. The summed E-state index contributed by atoms with van der Waals surface area (Å²) in [5.41, 5.74) is 1.49. The lowest BCUT2D eigenvalue weighted by Gasteiger charge is -2.57. The fourth-order valence-corrected chi connectivity index (χ4v) is 6.80. The summed E-state index contributed by atoms with van der Waals surface area (Å²) in [6.07, 6.45) is 7.82. The van der Waals surface area contributed by atoms with Crippen LogP contribution in [-0.2, 0) is 9.53 Å². The van der Waals surface area contributed by atoms with E-state index in [4.69, 9.17) is 9.15 Å². The fourth-order valence-electron chi connectivity index (χ4n) is 6.80. The van der Waals surface area contributed by atoms with E-state index >= 15 is 0 Å². The molecule has 4 bridgehead atoms. The van der Waals surface area contributed by atoms with Crippen molar-refractivity contribution >= 4 is 22.8 Å². The van der Waals surface area contributed by atoms with Gasteiger partial charge in [-0.2, -0.15) is 0 Å². The first-order valence-electron chi connectivity index (χ1n) is 11.9. The molecule has 0 aliphatic heterocycles. The summed E-state index contributed by atoms with van der Waals surface area (Å²) in [5.74, 6) is 2.04. The third-order valence-corrected chi connectivity index (χ3v) is 7.79. The molecule has 4 aliphatic carbocycles. The Kier molecular flexibility index (Phi) is 4.78. The fraction of sp³-hybridized carbons (Fsp3) is 0.444. The van der Waals surface area contributed by atoms with E-state index in [1.54, 1.807) is 31.4 Å². The van der Waals surface area contributed by atoms with E-state index in [2.05, 4.69) is 10.3 Å². The van der Waals surface area contributed by atoms with Crippen LogP contribution in [0.4, 0.5) is 0 Å². The van der Waals surface area contributed by atoms with Crippen molar-refractivity contribution in [2.24, 2.45) is 17.8 Å². The van der Waals surface area contributed by atoms with E-state index in [1.807, 2.05) is 24.3 Å². The second-order valence-electron chi connectivity index (χ2n) is 10.3. The van der Waals surface area contributed by atoms with Gasteiger partial charge in [0.1, 0.15) is 5.69 Å². The normalized spacial score (nSPS) is 28.6. The maximum Gasteiger partial charge on any atom is 0.339 e. The molecule has 0 radical (unpaired) electrons. The number of carbonyl (C=O) groups is 2. The average molecular weight is 445 g/mol.